The molecule has 122 valence electrons. The summed E-state index contributed by atoms with van der Waals surface area (Å²) in [7, 11) is 0. The number of rotatable bonds is 3. The van der Waals surface area contributed by atoms with Crippen LogP contribution in [0.5, 0.6) is 0 Å². The Morgan fingerprint density at radius 2 is 1.96 bits per heavy atom. The molecule has 24 heavy (non-hydrogen) atoms. The van der Waals surface area contributed by atoms with Gasteiger partial charge in [0.2, 0.25) is 0 Å². The van der Waals surface area contributed by atoms with Gasteiger partial charge in [-0.05, 0) is 70.6 Å². The summed E-state index contributed by atoms with van der Waals surface area (Å²) in [6.45, 7) is 9.18. The molecule has 0 saturated carbocycles. The zero-order chi connectivity index (χ0) is 16.9. The fourth-order valence-corrected chi connectivity index (χ4v) is 4.49. The Morgan fingerprint density at radius 1 is 1.12 bits per heavy atom. The highest BCUT2D eigenvalue weighted by atomic mass is 14.4. The summed E-state index contributed by atoms with van der Waals surface area (Å²) in [6.07, 6.45) is 17.4. The summed E-state index contributed by atoms with van der Waals surface area (Å²) >= 11 is 0. The number of hydrogen-bond donors (Lipinski definition) is 0. The predicted molar refractivity (Wildman–Crippen MR) is 104 cm³/mol. The lowest BCUT2D eigenvalue weighted by atomic mass is 9.69. The Morgan fingerprint density at radius 3 is 2.62 bits per heavy atom. The van der Waals surface area contributed by atoms with Crippen LogP contribution < -0.4 is 10.4 Å². The zero-order valence-electron chi connectivity index (χ0n) is 15.2. The van der Waals surface area contributed by atoms with E-state index in [1.807, 2.05) is 0 Å². The third kappa shape index (κ3) is 2.13. The van der Waals surface area contributed by atoms with Crippen molar-refractivity contribution in [2.45, 2.75) is 47.0 Å². The first-order valence-corrected chi connectivity index (χ1v) is 9.23. The molecule has 0 radical (unpaired) electrons. The van der Waals surface area contributed by atoms with Crippen molar-refractivity contribution in [3.63, 3.8) is 0 Å². The first-order chi connectivity index (χ1) is 11.6. The standard InChI is InChI=1S/C24H26/c1-5-17-13-16(3)14-19-15-21-20(22(17)19)11-12-24(4,6-2)23(21)18-9-7-8-10-18/h7-9,11-15H,5-6,10H2,1-4H3. The van der Waals surface area contributed by atoms with E-state index in [4.69, 9.17) is 0 Å². The van der Waals surface area contributed by atoms with Crippen molar-refractivity contribution < 1.29 is 0 Å². The van der Waals surface area contributed by atoms with E-state index in [0.29, 0.717) is 0 Å². The lowest BCUT2D eigenvalue weighted by Gasteiger charge is -2.34. The van der Waals surface area contributed by atoms with Crippen LogP contribution in [0.2, 0.25) is 0 Å². The van der Waals surface area contributed by atoms with Gasteiger partial charge >= 0.3 is 0 Å². The highest BCUT2D eigenvalue weighted by molar-refractivity contribution is 5.92. The molecule has 0 saturated heterocycles. The molecule has 0 spiro atoms. The molecule has 0 fully saturated rings. The van der Waals surface area contributed by atoms with E-state index in [-0.39, 0.29) is 5.41 Å². The minimum atomic E-state index is 0.136. The fraction of sp³-hybridized carbons (Fsp3) is 0.333. The smallest absolute Gasteiger partial charge is 0.0113 e. The maximum absolute atomic E-state index is 2.45. The summed E-state index contributed by atoms with van der Waals surface area (Å²) < 4.78 is 0. The van der Waals surface area contributed by atoms with Gasteiger partial charge in [0.25, 0.3) is 0 Å². The van der Waals surface area contributed by atoms with Crippen molar-refractivity contribution in [3.05, 3.63) is 80.8 Å². The molecule has 1 unspecified atom stereocenters. The van der Waals surface area contributed by atoms with Crippen molar-refractivity contribution in [2.24, 2.45) is 5.41 Å². The minimum absolute atomic E-state index is 0.136. The lowest BCUT2D eigenvalue weighted by Crippen LogP contribution is -2.28. The monoisotopic (exact) mass is 314 g/mol. The molecule has 1 aromatic rings. The highest BCUT2D eigenvalue weighted by Crippen LogP contribution is 2.47. The van der Waals surface area contributed by atoms with Gasteiger partial charge in [-0.3, -0.25) is 0 Å². The van der Waals surface area contributed by atoms with Gasteiger partial charge in [-0.25, -0.2) is 0 Å². The molecule has 3 aliphatic carbocycles. The summed E-state index contributed by atoms with van der Waals surface area (Å²) in [4.78, 5) is 0. The molecule has 0 heteroatoms. The van der Waals surface area contributed by atoms with Crippen LogP contribution in [0.4, 0.5) is 0 Å². The van der Waals surface area contributed by atoms with Crippen LogP contribution in [0.1, 0.15) is 44.7 Å². The molecule has 0 bridgehead atoms. The Balaban J connectivity index is 2.08. The Labute approximate surface area is 145 Å². The molecule has 0 nitrogen and oxygen atoms in total. The van der Waals surface area contributed by atoms with Crippen molar-refractivity contribution in [1.29, 1.82) is 0 Å². The molecule has 4 rings (SSSR count). The van der Waals surface area contributed by atoms with Crippen molar-refractivity contribution in [2.75, 3.05) is 0 Å². The minimum Gasteiger partial charge on any atom is -0.0801 e. The molecule has 0 heterocycles. The molecule has 3 aliphatic rings. The van der Waals surface area contributed by atoms with Crippen LogP contribution in [-0.4, -0.2) is 0 Å². The average Bonchev–Trinajstić information content (AvgIpc) is 3.21. The van der Waals surface area contributed by atoms with Gasteiger partial charge in [0.15, 0.2) is 0 Å². The van der Waals surface area contributed by atoms with Crippen LogP contribution in [0.25, 0.3) is 11.6 Å². The molecule has 0 aromatic heterocycles. The maximum Gasteiger partial charge on any atom is 0.0113 e. The van der Waals surface area contributed by atoms with E-state index in [1.165, 1.54) is 38.3 Å². The average molecular weight is 314 g/mol. The third-order valence-corrected chi connectivity index (χ3v) is 5.92. The van der Waals surface area contributed by atoms with Gasteiger partial charge in [0, 0.05) is 5.41 Å². The fourth-order valence-electron chi connectivity index (χ4n) is 4.49. The van der Waals surface area contributed by atoms with Crippen molar-refractivity contribution in [1.82, 2.24) is 0 Å². The van der Waals surface area contributed by atoms with Gasteiger partial charge in [0.1, 0.15) is 0 Å². The van der Waals surface area contributed by atoms with E-state index in [9.17, 15) is 0 Å². The van der Waals surface area contributed by atoms with E-state index in [0.717, 1.165) is 19.3 Å². The Hall–Kier alpha value is -2.08. The first kappa shape index (κ1) is 15.4. The lowest BCUT2D eigenvalue weighted by molar-refractivity contribution is 0.495. The largest absolute Gasteiger partial charge is 0.0801 e. The second-order valence-corrected chi connectivity index (χ2v) is 7.52. The van der Waals surface area contributed by atoms with Crippen LogP contribution in [-0.2, 0) is 6.42 Å². The second kappa shape index (κ2) is 5.48. The van der Waals surface area contributed by atoms with Crippen molar-refractivity contribution in [3.8, 4) is 0 Å². The summed E-state index contributed by atoms with van der Waals surface area (Å²) in [5.74, 6) is 0. The number of hydrogen-bond acceptors (Lipinski definition) is 0. The van der Waals surface area contributed by atoms with Crippen LogP contribution in [0, 0.1) is 12.3 Å². The quantitative estimate of drug-likeness (QED) is 0.760. The van der Waals surface area contributed by atoms with Gasteiger partial charge < -0.3 is 0 Å². The summed E-state index contributed by atoms with van der Waals surface area (Å²) in [5.41, 5.74) is 8.93. The SMILES string of the molecule is CCc1cc(C)cc2c1=C1C=CC(C)(CC)C(C3=CC=CC3)=C1C=2. The molecule has 0 N–H and O–H groups in total. The number of allylic oxidation sites excluding steroid dienone is 8. The van der Waals surface area contributed by atoms with E-state index in [1.54, 1.807) is 5.57 Å². The molecule has 1 aromatic carbocycles. The van der Waals surface area contributed by atoms with E-state index < -0.39 is 0 Å². The summed E-state index contributed by atoms with van der Waals surface area (Å²) in [6, 6.07) is 4.71. The first-order valence-electron chi connectivity index (χ1n) is 9.23. The van der Waals surface area contributed by atoms with Crippen molar-refractivity contribution >= 4 is 11.6 Å². The normalized spacial score (nSPS) is 24.2. The van der Waals surface area contributed by atoms with Crippen LogP contribution in [0.15, 0.2) is 59.2 Å². The zero-order valence-corrected chi connectivity index (χ0v) is 15.2. The third-order valence-electron chi connectivity index (χ3n) is 5.92. The van der Waals surface area contributed by atoms with E-state index in [2.05, 4.69) is 76.3 Å². The Bertz CT molecular complexity index is 960. The maximum atomic E-state index is 2.45. The number of fused-ring (bicyclic) bond motifs is 2. The second-order valence-electron chi connectivity index (χ2n) is 7.52. The van der Waals surface area contributed by atoms with Crippen LogP contribution in [0.3, 0.4) is 0 Å². The number of aryl methyl sites for hydroxylation is 2. The topological polar surface area (TPSA) is 0 Å². The highest BCUT2D eigenvalue weighted by Gasteiger charge is 2.34. The Kier molecular flexibility index (Phi) is 3.53. The predicted octanol–water partition coefficient (Wildman–Crippen LogP) is 4.67. The van der Waals surface area contributed by atoms with Gasteiger partial charge in [-0.2, -0.15) is 0 Å². The summed E-state index contributed by atoms with van der Waals surface area (Å²) in [5, 5.41) is 2.88. The van der Waals surface area contributed by atoms with Gasteiger partial charge in [-0.15, -0.1) is 0 Å². The molecule has 1 atom stereocenters. The van der Waals surface area contributed by atoms with Crippen LogP contribution >= 0.6 is 0 Å². The molecular weight excluding hydrogens is 288 g/mol. The van der Waals surface area contributed by atoms with Gasteiger partial charge in [-0.1, -0.05) is 68.8 Å². The van der Waals surface area contributed by atoms with E-state index >= 15 is 0 Å². The number of benzene rings is 1. The molecular formula is C24H26. The molecule has 0 amide bonds. The molecule has 0 aliphatic heterocycles. The van der Waals surface area contributed by atoms with Gasteiger partial charge in [0.05, 0.1) is 0 Å².